The molecular weight excluding hydrogens is 216 g/mol. The highest BCUT2D eigenvalue weighted by molar-refractivity contribution is 9.09. The molecule has 0 radical (unpaired) electrons. The minimum atomic E-state index is -0.639. The Labute approximate surface area is 82.0 Å². The molecule has 0 aromatic carbocycles. The SMILES string of the molecule is CC1(O)C=C2C(CC1Br)C2(C)C. The molecule has 2 rings (SSSR count). The molecule has 2 aliphatic carbocycles. The number of hydrogen-bond donors (Lipinski definition) is 1. The predicted octanol–water partition coefficient (Wildman–Crippen LogP) is 2.49. The lowest BCUT2D eigenvalue weighted by molar-refractivity contribution is 0.102. The molecule has 0 aromatic heterocycles. The molecule has 0 aromatic rings. The van der Waals surface area contributed by atoms with E-state index in [1.165, 1.54) is 5.57 Å². The van der Waals surface area contributed by atoms with E-state index in [2.05, 4.69) is 29.8 Å². The third-order valence-corrected chi connectivity index (χ3v) is 4.73. The molecule has 0 aliphatic heterocycles. The minimum Gasteiger partial charge on any atom is -0.385 e. The van der Waals surface area contributed by atoms with Crippen LogP contribution in [0.15, 0.2) is 11.6 Å². The summed E-state index contributed by atoms with van der Waals surface area (Å²) in [5.74, 6) is 0.710. The van der Waals surface area contributed by atoms with E-state index >= 15 is 0 Å². The highest BCUT2D eigenvalue weighted by atomic mass is 79.9. The van der Waals surface area contributed by atoms with Crippen LogP contribution < -0.4 is 0 Å². The Morgan fingerprint density at radius 2 is 2.08 bits per heavy atom. The maximum atomic E-state index is 9.95. The van der Waals surface area contributed by atoms with Gasteiger partial charge in [-0.3, -0.25) is 0 Å². The lowest BCUT2D eigenvalue weighted by Crippen LogP contribution is -2.35. The van der Waals surface area contributed by atoms with Crippen LogP contribution in [0.2, 0.25) is 0 Å². The standard InChI is InChI=1S/C10H15BrO/c1-9(2)6-4-8(11)10(3,12)5-7(6)9/h5-6,8,12H,4H2,1-3H3. The summed E-state index contributed by atoms with van der Waals surface area (Å²) in [6.45, 7) is 6.39. The summed E-state index contributed by atoms with van der Waals surface area (Å²) in [6.07, 6.45) is 3.12. The largest absolute Gasteiger partial charge is 0.385 e. The predicted molar refractivity (Wildman–Crippen MR) is 53.3 cm³/mol. The molecule has 2 heteroatoms. The molecule has 0 heterocycles. The molecule has 0 saturated heterocycles. The van der Waals surface area contributed by atoms with Crippen LogP contribution in [0.5, 0.6) is 0 Å². The fourth-order valence-electron chi connectivity index (χ4n) is 2.23. The average Bonchev–Trinajstić information content (AvgIpc) is 2.37. The Balaban J connectivity index is 2.32. The van der Waals surface area contributed by atoms with Crippen LogP contribution in [-0.2, 0) is 0 Å². The van der Waals surface area contributed by atoms with Gasteiger partial charge in [-0.15, -0.1) is 0 Å². The zero-order chi connectivity index (χ0) is 9.15. The molecule has 0 spiro atoms. The van der Waals surface area contributed by atoms with Crippen molar-refractivity contribution in [2.45, 2.75) is 37.6 Å². The Bertz CT molecular complexity index is 253. The first-order valence-electron chi connectivity index (χ1n) is 4.45. The van der Waals surface area contributed by atoms with Crippen molar-refractivity contribution in [2.24, 2.45) is 11.3 Å². The fraction of sp³-hybridized carbons (Fsp3) is 0.800. The van der Waals surface area contributed by atoms with E-state index in [1.807, 2.05) is 13.0 Å². The maximum Gasteiger partial charge on any atom is 0.0927 e. The minimum absolute atomic E-state index is 0.223. The molecular formula is C10H15BrO. The smallest absolute Gasteiger partial charge is 0.0927 e. The number of rotatable bonds is 0. The summed E-state index contributed by atoms with van der Waals surface area (Å²) in [5.41, 5.74) is 1.16. The van der Waals surface area contributed by atoms with Gasteiger partial charge in [0, 0.05) is 4.83 Å². The summed E-state index contributed by atoms with van der Waals surface area (Å²) in [4.78, 5) is 0.223. The van der Waals surface area contributed by atoms with Crippen LogP contribution in [0.1, 0.15) is 27.2 Å². The van der Waals surface area contributed by atoms with Gasteiger partial charge in [0.05, 0.1) is 5.60 Å². The quantitative estimate of drug-likeness (QED) is 0.501. The monoisotopic (exact) mass is 230 g/mol. The van der Waals surface area contributed by atoms with Gasteiger partial charge < -0.3 is 5.11 Å². The van der Waals surface area contributed by atoms with Gasteiger partial charge in [0.15, 0.2) is 0 Å². The number of aliphatic hydroxyl groups is 1. The summed E-state index contributed by atoms with van der Waals surface area (Å²) in [5, 5.41) is 9.95. The highest BCUT2D eigenvalue weighted by Gasteiger charge is 2.57. The first kappa shape index (κ1) is 8.76. The van der Waals surface area contributed by atoms with Crippen molar-refractivity contribution in [2.75, 3.05) is 0 Å². The van der Waals surface area contributed by atoms with Crippen molar-refractivity contribution in [3.05, 3.63) is 11.6 Å². The van der Waals surface area contributed by atoms with Crippen molar-refractivity contribution in [1.82, 2.24) is 0 Å². The highest BCUT2D eigenvalue weighted by Crippen LogP contribution is 2.63. The second kappa shape index (κ2) is 2.16. The molecule has 12 heavy (non-hydrogen) atoms. The molecule has 0 bridgehead atoms. The third-order valence-electron chi connectivity index (χ3n) is 3.43. The van der Waals surface area contributed by atoms with Crippen LogP contribution in [-0.4, -0.2) is 15.5 Å². The van der Waals surface area contributed by atoms with Crippen molar-refractivity contribution in [1.29, 1.82) is 0 Å². The molecule has 1 fully saturated rings. The normalized spacial score (nSPS) is 49.6. The van der Waals surface area contributed by atoms with Gasteiger partial charge in [-0.25, -0.2) is 0 Å². The summed E-state index contributed by atoms with van der Waals surface area (Å²) < 4.78 is 0. The fourth-order valence-corrected chi connectivity index (χ4v) is 2.74. The van der Waals surface area contributed by atoms with E-state index in [0.29, 0.717) is 11.3 Å². The molecule has 2 aliphatic rings. The molecule has 1 saturated carbocycles. The first-order valence-corrected chi connectivity index (χ1v) is 5.37. The van der Waals surface area contributed by atoms with Gasteiger partial charge in [0.25, 0.3) is 0 Å². The topological polar surface area (TPSA) is 20.2 Å². The Kier molecular flexibility index (Phi) is 1.57. The second-order valence-corrected chi connectivity index (χ2v) is 5.91. The molecule has 0 amide bonds. The Hall–Kier alpha value is 0.180. The lowest BCUT2D eigenvalue weighted by atomic mass is 9.93. The van der Waals surface area contributed by atoms with Crippen LogP contribution in [0.3, 0.4) is 0 Å². The van der Waals surface area contributed by atoms with E-state index in [0.717, 1.165) is 6.42 Å². The van der Waals surface area contributed by atoms with Crippen molar-refractivity contribution < 1.29 is 5.11 Å². The van der Waals surface area contributed by atoms with Crippen molar-refractivity contribution >= 4 is 15.9 Å². The molecule has 68 valence electrons. The van der Waals surface area contributed by atoms with E-state index in [1.54, 1.807) is 0 Å². The Morgan fingerprint density at radius 1 is 1.50 bits per heavy atom. The van der Waals surface area contributed by atoms with E-state index < -0.39 is 5.60 Å². The number of allylic oxidation sites excluding steroid dienone is 1. The zero-order valence-corrected chi connectivity index (χ0v) is 9.35. The van der Waals surface area contributed by atoms with E-state index in [4.69, 9.17) is 0 Å². The molecule has 3 unspecified atom stereocenters. The zero-order valence-electron chi connectivity index (χ0n) is 7.76. The first-order chi connectivity index (χ1) is 5.36. The number of fused-ring (bicyclic) bond motifs is 1. The van der Waals surface area contributed by atoms with Gasteiger partial charge >= 0.3 is 0 Å². The van der Waals surface area contributed by atoms with Gasteiger partial charge in [-0.2, -0.15) is 0 Å². The van der Waals surface area contributed by atoms with Gasteiger partial charge in [0.1, 0.15) is 0 Å². The molecule has 1 N–H and O–H groups in total. The number of alkyl halides is 1. The van der Waals surface area contributed by atoms with Crippen LogP contribution in [0.4, 0.5) is 0 Å². The van der Waals surface area contributed by atoms with E-state index in [-0.39, 0.29) is 4.83 Å². The van der Waals surface area contributed by atoms with Crippen LogP contribution in [0, 0.1) is 11.3 Å². The van der Waals surface area contributed by atoms with Crippen LogP contribution in [0.25, 0.3) is 0 Å². The summed E-state index contributed by atoms with van der Waals surface area (Å²) in [6, 6.07) is 0. The third kappa shape index (κ3) is 1.01. The van der Waals surface area contributed by atoms with Crippen LogP contribution >= 0.6 is 15.9 Å². The van der Waals surface area contributed by atoms with Gasteiger partial charge in [-0.05, 0) is 24.7 Å². The molecule has 3 atom stereocenters. The summed E-state index contributed by atoms with van der Waals surface area (Å²) >= 11 is 3.53. The number of hydrogen-bond acceptors (Lipinski definition) is 1. The lowest BCUT2D eigenvalue weighted by Gasteiger charge is -2.28. The van der Waals surface area contributed by atoms with Crippen molar-refractivity contribution in [3.8, 4) is 0 Å². The average molecular weight is 231 g/mol. The van der Waals surface area contributed by atoms with Crippen molar-refractivity contribution in [3.63, 3.8) is 0 Å². The summed E-state index contributed by atoms with van der Waals surface area (Å²) in [7, 11) is 0. The second-order valence-electron chi connectivity index (χ2n) is 4.80. The van der Waals surface area contributed by atoms with E-state index in [9.17, 15) is 5.11 Å². The maximum absolute atomic E-state index is 9.95. The molecule has 1 nitrogen and oxygen atoms in total. The number of halogens is 1. The van der Waals surface area contributed by atoms with Gasteiger partial charge in [0.2, 0.25) is 0 Å². The van der Waals surface area contributed by atoms with Gasteiger partial charge in [-0.1, -0.05) is 41.4 Å². The Morgan fingerprint density at radius 3 is 2.58 bits per heavy atom.